The number of hydrogen-bond acceptors (Lipinski definition) is 4. The molecule has 0 fully saturated rings. The monoisotopic (exact) mass is 381 g/mol. The highest BCUT2D eigenvalue weighted by atomic mass is 19.1. The molecule has 0 spiro atoms. The maximum absolute atomic E-state index is 13.6. The van der Waals surface area contributed by atoms with E-state index in [0.29, 0.717) is 6.61 Å². The van der Waals surface area contributed by atoms with Crippen LogP contribution in [0.4, 0.5) is 4.39 Å². The van der Waals surface area contributed by atoms with Crippen LogP contribution in [0, 0.1) is 5.82 Å². The lowest BCUT2D eigenvalue weighted by Gasteiger charge is -2.27. The highest BCUT2D eigenvalue weighted by Gasteiger charge is 2.23. The molecule has 146 valence electrons. The van der Waals surface area contributed by atoms with Crippen LogP contribution in [-0.2, 0) is 30.9 Å². The van der Waals surface area contributed by atoms with Gasteiger partial charge in [0.2, 0.25) is 0 Å². The van der Waals surface area contributed by atoms with Crippen molar-refractivity contribution in [2.24, 2.45) is 0 Å². The summed E-state index contributed by atoms with van der Waals surface area (Å²) in [5.41, 5.74) is 6.21. The van der Waals surface area contributed by atoms with Gasteiger partial charge in [-0.1, -0.05) is 18.2 Å². The molecule has 2 heterocycles. The molecule has 2 aromatic carbocycles. The summed E-state index contributed by atoms with van der Waals surface area (Å²) < 4.78 is 24.4. The van der Waals surface area contributed by atoms with Crippen LogP contribution >= 0.6 is 0 Å². The number of nitrogens with one attached hydrogen (secondary N) is 1. The van der Waals surface area contributed by atoms with Crippen molar-refractivity contribution in [2.75, 3.05) is 20.8 Å². The van der Waals surface area contributed by atoms with E-state index in [9.17, 15) is 4.39 Å². The van der Waals surface area contributed by atoms with Gasteiger partial charge in [0.15, 0.2) is 0 Å². The van der Waals surface area contributed by atoms with Gasteiger partial charge in [0.05, 0.1) is 19.4 Å². The van der Waals surface area contributed by atoms with Crippen LogP contribution in [0.5, 0.6) is 5.75 Å². The number of halogens is 1. The third-order valence-corrected chi connectivity index (χ3v) is 5.16. The Hall–Kier alpha value is -2.70. The molecule has 6 heteroatoms. The summed E-state index contributed by atoms with van der Waals surface area (Å²) in [5, 5.41) is 7.60. The molecule has 0 saturated carbocycles. The van der Waals surface area contributed by atoms with E-state index < -0.39 is 0 Å². The number of benzene rings is 2. The van der Waals surface area contributed by atoms with Crippen molar-refractivity contribution >= 4 is 0 Å². The number of ether oxygens (including phenoxy) is 2. The summed E-state index contributed by atoms with van der Waals surface area (Å²) >= 11 is 0. The first kappa shape index (κ1) is 18.7. The average molecular weight is 381 g/mol. The number of H-pyrrole nitrogens is 1. The van der Waals surface area contributed by atoms with Crippen molar-refractivity contribution in [2.45, 2.75) is 26.1 Å². The van der Waals surface area contributed by atoms with Crippen molar-refractivity contribution < 1.29 is 13.9 Å². The summed E-state index contributed by atoms with van der Waals surface area (Å²) in [6, 6.07) is 12.8. The number of rotatable bonds is 6. The first-order valence-electron chi connectivity index (χ1n) is 9.37. The van der Waals surface area contributed by atoms with Gasteiger partial charge < -0.3 is 9.47 Å². The lowest BCUT2D eigenvalue weighted by atomic mass is 10.00. The number of aromatic nitrogens is 2. The predicted molar refractivity (Wildman–Crippen MR) is 106 cm³/mol. The van der Waals surface area contributed by atoms with Gasteiger partial charge in [0.1, 0.15) is 11.6 Å². The first-order valence-corrected chi connectivity index (χ1v) is 9.37. The Morgan fingerprint density at radius 1 is 1.18 bits per heavy atom. The molecule has 0 unspecified atom stereocenters. The number of hydrogen-bond donors (Lipinski definition) is 1. The Bertz CT molecular complexity index is 970. The van der Waals surface area contributed by atoms with E-state index in [2.05, 4.69) is 27.2 Å². The highest BCUT2D eigenvalue weighted by molar-refractivity contribution is 5.64. The summed E-state index contributed by atoms with van der Waals surface area (Å²) in [6.45, 7) is 3.08. The summed E-state index contributed by atoms with van der Waals surface area (Å²) in [7, 11) is 3.36. The normalized spacial score (nSPS) is 14.1. The fourth-order valence-electron chi connectivity index (χ4n) is 3.82. The fraction of sp³-hybridized carbons (Fsp3) is 0.318. The molecule has 1 N–H and O–H groups in total. The zero-order valence-electron chi connectivity index (χ0n) is 16.2. The molecular weight excluding hydrogens is 357 g/mol. The number of methoxy groups -OCH3 is 2. The molecule has 0 atom stereocenters. The van der Waals surface area contributed by atoms with E-state index in [1.165, 1.54) is 17.7 Å². The molecule has 1 aliphatic heterocycles. The lowest BCUT2D eigenvalue weighted by molar-refractivity contribution is 0.181. The van der Waals surface area contributed by atoms with Gasteiger partial charge in [0, 0.05) is 55.5 Å². The maximum atomic E-state index is 13.6. The molecule has 0 radical (unpaired) electrons. The second kappa shape index (κ2) is 8.12. The van der Waals surface area contributed by atoms with Gasteiger partial charge in [-0.2, -0.15) is 5.10 Å². The third kappa shape index (κ3) is 3.79. The van der Waals surface area contributed by atoms with Gasteiger partial charge in [-0.3, -0.25) is 10.00 Å². The van der Waals surface area contributed by atoms with Crippen LogP contribution < -0.4 is 4.74 Å². The molecular formula is C22H24FN3O2. The van der Waals surface area contributed by atoms with Crippen molar-refractivity contribution in [3.8, 4) is 17.0 Å². The zero-order valence-corrected chi connectivity index (χ0v) is 16.2. The predicted octanol–water partition coefficient (Wildman–Crippen LogP) is 3.93. The Labute approximate surface area is 164 Å². The van der Waals surface area contributed by atoms with Crippen molar-refractivity contribution in [1.82, 2.24) is 15.1 Å². The molecule has 3 aromatic rings. The topological polar surface area (TPSA) is 50.4 Å². The van der Waals surface area contributed by atoms with E-state index in [4.69, 9.17) is 9.47 Å². The summed E-state index contributed by atoms with van der Waals surface area (Å²) in [6.07, 6.45) is 0.902. The standard InChI is InChI=1S/C22H24FN3O2/c1-27-14-17-10-15(6-7-21(17)28-2)12-26-9-8-20-19(13-26)22(25-24-20)16-4-3-5-18(23)11-16/h3-7,10-11H,8-9,12-14H2,1-2H3,(H,24,25). The van der Waals surface area contributed by atoms with Crippen LogP contribution in [0.1, 0.15) is 22.4 Å². The van der Waals surface area contributed by atoms with Crippen LogP contribution in [0.2, 0.25) is 0 Å². The number of fused-ring (bicyclic) bond motifs is 1. The lowest BCUT2D eigenvalue weighted by Crippen LogP contribution is -2.30. The van der Waals surface area contributed by atoms with Gasteiger partial charge in [-0.05, 0) is 29.8 Å². The van der Waals surface area contributed by atoms with E-state index >= 15 is 0 Å². The SMILES string of the molecule is COCc1cc(CN2CCc3[nH]nc(-c4cccc(F)c4)c3C2)ccc1OC. The minimum Gasteiger partial charge on any atom is -0.496 e. The van der Waals surface area contributed by atoms with E-state index in [1.54, 1.807) is 20.3 Å². The molecule has 5 nitrogen and oxygen atoms in total. The summed E-state index contributed by atoms with van der Waals surface area (Å²) in [4.78, 5) is 2.39. The second-order valence-corrected chi connectivity index (χ2v) is 7.08. The molecule has 0 aliphatic carbocycles. The minimum absolute atomic E-state index is 0.245. The van der Waals surface area contributed by atoms with E-state index in [-0.39, 0.29) is 5.82 Å². The largest absolute Gasteiger partial charge is 0.496 e. The Morgan fingerprint density at radius 2 is 2.07 bits per heavy atom. The van der Waals surface area contributed by atoms with Gasteiger partial charge in [0.25, 0.3) is 0 Å². The quantitative estimate of drug-likeness (QED) is 0.703. The van der Waals surface area contributed by atoms with Crippen LogP contribution in [0.25, 0.3) is 11.3 Å². The van der Waals surface area contributed by atoms with Crippen LogP contribution in [-0.4, -0.2) is 35.9 Å². The number of aromatic amines is 1. The molecule has 28 heavy (non-hydrogen) atoms. The van der Waals surface area contributed by atoms with Crippen molar-refractivity contribution in [3.63, 3.8) is 0 Å². The zero-order chi connectivity index (χ0) is 19.5. The second-order valence-electron chi connectivity index (χ2n) is 7.08. The highest BCUT2D eigenvalue weighted by Crippen LogP contribution is 2.30. The molecule has 0 amide bonds. The molecule has 0 saturated heterocycles. The Kier molecular flexibility index (Phi) is 5.41. The van der Waals surface area contributed by atoms with E-state index in [1.807, 2.05) is 12.1 Å². The van der Waals surface area contributed by atoms with Crippen LogP contribution in [0.15, 0.2) is 42.5 Å². The number of nitrogens with zero attached hydrogens (tertiary/aromatic N) is 2. The Morgan fingerprint density at radius 3 is 2.86 bits per heavy atom. The maximum Gasteiger partial charge on any atom is 0.124 e. The van der Waals surface area contributed by atoms with Crippen molar-refractivity contribution in [3.05, 3.63) is 70.7 Å². The Balaban J connectivity index is 1.55. The van der Waals surface area contributed by atoms with Gasteiger partial charge in [-0.15, -0.1) is 0 Å². The molecule has 4 rings (SSSR count). The van der Waals surface area contributed by atoms with Gasteiger partial charge >= 0.3 is 0 Å². The average Bonchev–Trinajstić information content (AvgIpc) is 3.12. The molecule has 0 bridgehead atoms. The summed E-state index contributed by atoms with van der Waals surface area (Å²) in [5.74, 6) is 0.598. The smallest absolute Gasteiger partial charge is 0.124 e. The minimum atomic E-state index is -0.245. The fourth-order valence-corrected chi connectivity index (χ4v) is 3.82. The molecule has 1 aliphatic rings. The third-order valence-electron chi connectivity index (χ3n) is 5.16. The molecule has 1 aromatic heterocycles. The van der Waals surface area contributed by atoms with E-state index in [0.717, 1.165) is 59.9 Å². The van der Waals surface area contributed by atoms with Crippen molar-refractivity contribution in [1.29, 1.82) is 0 Å². The first-order chi connectivity index (χ1) is 13.7. The van der Waals surface area contributed by atoms with Crippen LogP contribution in [0.3, 0.4) is 0 Å². The van der Waals surface area contributed by atoms with Gasteiger partial charge in [-0.25, -0.2) is 4.39 Å².